The lowest BCUT2D eigenvalue weighted by molar-refractivity contribution is -0.170. The third-order valence-corrected chi connectivity index (χ3v) is 4.54. The van der Waals surface area contributed by atoms with E-state index < -0.39 is 12.1 Å². The Morgan fingerprint density at radius 1 is 1.07 bits per heavy atom. The molecule has 2 amide bonds. The Labute approximate surface area is 160 Å². The van der Waals surface area contributed by atoms with E-state index in [2.05, 4.69) is 5.32 Å². The Balaban J connectivity index is 1.80. The molecule has 0 unspecified atom stereocenters. The van der Waals surface area contributed by atoms with Gasteiger partial charge in [-0.25, -0.2) is 0 Å². The highest BCUT2D eigenvalue weighted by atomic mass is 19.4. The van der Waals surface area contributed by atoms with Crippen LogP contribution in [0.5, 0.6) is 0 Å². The van der Waals surface area contributed by atoms with Crippen LogP contribution in [0.1, 0.15) is 11.1 Å². The van der Waals surface area contributed by atoms with E-state index in [4.69, 9.17) is 0 Å². The monoisotopic (exact) mass is 391 g/mol. The topological polar surface area (TPSA) is 52.7 Å². The number of anilines is 2. The van der Waals surface area contributed by atoms with Gasteiger partial charge in [0.15, 0.2) is 0 Å². The molecule has 5 nitrogen and oxygen atoms in total. The van der Waals surface area contributed by atoms with Crippen molar-refractivity contribution < 1.29 is 22.8 Å². The lowest BCUT2D eigenvalue weighted by atomic mass is 10.1. The van der Waals surface area contributed by atoms with E-state index in [0.717, 1.165) is 10.5 Å². The Kier molecular flexibility index (Phi) is 5.69. The highest BCUT2D eigenvalue weighted by Gasteiger charge is 2.44. The van der Waals surface area contributed by atoms with Crippen molar-refractivity contribution in [1.82, 2.24) is 4.90 Å². The molecular weight excluding hydrogens is 371 g/mol. The zero-order chi connectivity index (χ0) is 20.3. The van der Waals surface area contributed by atoms with Crippen molar-refractivity contribution in [1.29, 1.82) is 0 Å². The minimum Gasteiger partial charge on any atom is -0.325 e. The number of carbonyl (C=O) groups is 2. The predicted octanol–water partition coefficient (Wildman–Crippen LogP) is 3.21. The normalized spacial score (nSPS) is 13.4. The number of hydrogen-bond acceptors (Lipinski definition) is 3. The number of benzene rings is 2. The largest absolute Gasteiger partial charge is 0.471 e. The molecule has 1 N–H and O–H groups in total. The molecule has 0 atom stereocenters. The molecule has 0 saturated carbocycles. The van der Waals surface area contributed by atoms with Gasteiger partial charge in [0, 0.05) is 36.6 Å². The summed E-state index contributed by atoms with van der Waals surface area (Å²) in [4.78, 5) is 26.3. The standard InChI is InChI=1S/C20H20F3N3O2/c1-25(13-14-6-3-2-4-7-14)10-11-26(19(28)20(21,22)23)17-9-5-8-16-15(17)12-18(27)24-16/h2-9H,10-13H2,1H3,(H,24,27). The maximum Gasteiger partial charge on any atom is 0.471 e. The van der Waals surface area contributed by atoms with Gasteiger partial charge in [-0.05, 0) is 24.7 Å². The number of halogens is 3. The van der Waals surface area contributed by atoms with Gasteiger partial charge in [-0.1, -0.05) is 36.4 Å². The van der Waals surface area contributed by atoms with Crippen molar-refractivity contribution in [2.24, 2.45) is 0 Å². The fourth-order valence-corrected chi connectivity index (χ4v) is 3.21. The molecule has 8 heteroatoms. The molecule has 0 aromatic heterocycles. The molecule has 0 radical (unpaired) electrons. The molecule has 1 aliphatic heterocycles. The van der Waals surface area contributed by atoms with Gasteiger partial charge in [0.1, 0.15) is 0 Å². The van der Waals surface area contributed by atoms with Crippen LogP contribution in [0.4, 0.5) is 24.5 Å². The number of nitrogens with zero attached hydrogens (tertiary/aromatic N) is 2. The van der Waals surface area contributed by atoms with Crippen LogP contribution in [0.25, 0.3) is 0 Å². The first kappa shape index (κ1) is 19.9. The summed E-state index contributed by atoms with van der Waals surface area (Å²) < 4.78 is 39.6. The second-order valence-corrected chi connectivity index (χ2v) is 6.71. The number of alkyl halides is 3. The summed E-state index contributed by atoms with van der Waals surface area (Å²) in [5, 5.41) is 2.60. The van der Waals surface area contributed by atoms with Gasteiger partial charge in [-0.15, -0.1) is 0 Å². The first-order valence-corrected chi connectivity index (χ1v) is 8.78. The predicted molar refractivity (Wildman–Crippen MR) is 100.0 cm³/mol. The van der Waals surface area contributed by atoms with E-state index in [1.165, 1.54) is 12.1 Å². The van der Waals surface area contributed by atoms with E-state index in [1.54, 1.807) is 13.1 Å². The summed E-state index contributed by atoms with van der Waals surface area (Å²) in [6.45, 7) is 0.635. The number of hydrogen-bond donors (Lipinski definition) is 1. The van der Waals surface area contributed by atoms with Gasteiger partial charge < -0.3 is 15.1 Å². The molecule has 1 heterocycles. The average Bonchev–Trinajstić information content (AvgIpc) is 3.02. The number of likely N-dealkylation sites (N-methyl/N-ethyl adjacent to an activating group) is 1. The number of rotatable bonds is 6. The van der Waals surface area contributed by atoms with Crippen LogP contribution in [0.3, 0.4) is 0 Å². The lowest BCUT2D eigenvalue weighted by Crippen LogP contribution is -2.45. The molecule has 1 aliphatic rings. The second-order valence-electron chi connectivity index (χ2n) is 6.71. The average molecular weight is 391 g/mol. The fourth-order valence-electron chi connectivity index (χ4n) is 3.21. The molecule has 0 spiro atoms. The van der Waals surface area contributed by atoms with Crippen LogP contribution in [0.2, 0.25) is 0 Å². The van der Waals surface area contributed by atoms with E-state index in [0.29, 0.717) is 17.8 Å². The third kappa shape index (κ3) is 4.51. The Bertz CT molecular complexity index is 869. The quantitative estimate of drug-likeness (QED) is 0.823. The van der Waals surface area contributed by atoms with Gasteiger partial charge in [0.2, 0.25) is 5.91 Å². The lowest BCUT2D eigenvalue weighted by Gasteiger charge is -2.28. The minimum absolute atomic E-state index is 0.0486. The fraction of sp³-hybridized carbons (Fsp3) is 0.300. The summed E-state index contributed by atoms with van der Waals surface area (Å²) in [6.07, 6.45) is -5.05. The molecule has 28 heavy (non-hydrogen) atoms. The summed E-state index contributed by atoms with van der Waals surface area (Å²) in [6, 6.07) is 14.1. The Morgan fingerprint density at radius 2 is 1.79 bits per heavy atom. The molecule has 0 fully saturated rings. The van der Waals surface area contributed by atoms with Crippen molar-refractivity contribution >= 4 is 23.2 Å². The van der Waals surface area contributed by atoms with E-state index in [1.807, 2.05) is 35.2 Å². The van der Waals surface area contributed by atoms with Crippen molar-refractivity contribution in [2.45, 2.75) is 19.1 Å². The van der Waals surface area contributed by atoms with Crippen molar-refractivity contribution in [2.75, 3.05) is 30.4 Å². The number of carbonyl (C=O) groups excluding carboxylic acids is 2. The second kappa shape index (κ2) is 8.02. The first-order valence-electron chi connectivity index (χ1n) is 8.78. The minimum atomic E-state index is -5.00. The van der Waals surface area contributed by atoms with Crippen molar-refractivity contribution in [3.05, 3.63) is 59.7 Å². The van der Waals surface area contributed by atoms with Crippen LogP contribution in [-0.2, 0) is 22.6 Å². The molecule has 0 bridgehead atoms. The highest BCUT2D eigenvalue weighted by molar-refractivity contribution is 6.05. The third-order valence-electron chi connectivity index (χ3n) is 4.54. The van der Waals surface area contributed by atoms with Gasteiger partial charge in [-0.3, -0.25) is 9.59 Å². The van der Waals surface area contributed by atoms with Crippen LogP contribution >= 0.6 is 0 Å². The maximum atomic E-state index is 13.2. The molecule has 2 aromatic rings. The molecule has 148 valence electrons. The van der Waals surface area contributed by atoms with Crippen LogP contribution in [0.15, 0.2) is 48.5 Å². The summed E-state index contributed by atoms with van der Waals surface area (Å²) in [5.74, 6) is -2.24. The molecule has 0 aliphatic carbocycles. The molecule has 2 aromatic carbocycles. The van der Waals surface area contributed by atoms with Crippen molar-refractivity contribution in [3.8, 4) is 0 Å². The van der Waals surface area contributed by atoms with Gasteiger partial charge in [0.25, 0.3) is 0 Å². The summed E-state index contributed by atoms with van der Waals surface area (Å²) in [7, 11) is 1.78. The first-order chi connectivity index (χ1) is 13.3. The molecule has 3 rings (SSSR count). The zero-order valence-electron chi connectivity index (χ0n) is 15.3. The molecular formula is C20H20F3N3O2. The van der Waals surface area contributed by atoms with Crippen molar-refractivity contribution in [3.63, 3.8) is 0 Å². The van der Waals surface area contributed by atoms with Gasteiger partial charge in [-0.2, -0.15) is 13.2 Å². The van der Waals surface area contributed by atoms with Gasteiger partial charge in [0.05, 0.1) is 6.42 Å². The summed E-state index contributed by atoms with van der Waals surface area (Å²) >= 11 is 0. The summed E-state index contributed by atoms with van der Waals surface area (Å²) in [5.41, 5.74) is 2.00. The Hall–Kier alpha value is -2.87. The zero-order valence-corrected chi connectivity index (χ0v) is 15.3. The Morgan fingerprint density at radius 3 is 2.46 bits per heavy atom. The van der Waals surface area contributed by atoms with Crippen LogP contribution in [0, 0.1) is 0 Å². The van der Waals surface area contributed by atoms with Crippen LogP contribution in [-0.4, -0.2) is 43.0 Å². The van der Waals surface area contributed by atoms with Gasteiger partial charge >= 0.3 is 12.1 Å². The number of nitrogens with one attached hydrogen (secondary N) is 1. The number of amides is 2. The highest BCUT2D eigenvalue weighted by Crippen LogP contribution is 2.34. The maximum absolute atomic E-state index is 13.2. The van der Waals surface area contributed by atoms with E-state index >= 15 is 0 Å². The number of fused-ring (bicyclic) bond motifs is 1. The smallest absolute Gasteiger partial charge is 0.325 e. The van der Waals surface area contributed by atoms with Crippen LogP contribution < -0.4 is 10.2 Å². The SMILES string of the molecule is CN(CCN(C(=O)C(F)(F)F)c1cccc2c1CC(=O)N2)Cc1ccccc1. The van der Waals surface area contributed by atoms with E-state index in [9.17, 15) is 22.8 Å². The molecule has 0 saturated heterocycles. The van der Waals surface area contributed by atoms with E-state index in [-0.39, 0.29) is 31.1 Å².